The highest BCUT2D eigenvalue weighted by atomic mass is 35.5. The Morgan fingerprint density at radius 3 is 2.76 bits per heavy atom. The first-order valence-corrected chi connectivity index (χ1v) is 9.86. The average molecular weight is 433 g/mol. The molecule has 0 unspecified atom stereocenters. The fourth-order valence-corrected chi connectivity index (χ4v) is 3.67. The van der Waals surface area contributed by atoms with Crippen LogP contribution in [0.5, 0.6) is 11.8 Å². The lowest BCUT2D eigenvalue weighted by atomic mass is 10.1. The number of hydrogen-bond donors (Lipinski definition) is 1. The first kappa shape index (κ1) is 19.8. The van der Waals surface area contributed by atoms with Crippen LogP contribution in [0.3, 0.4) is 0 Å². The molecule has 8 heteroatoms. The van der Waals surface area contributed by atoms with Crippen LogP contribution in [0.2, 0.25) is 10.0 Å². The van der Waals surface area contributed by atoms with Crippen LogP contribution in [-0.2, 0) is 13.0 Å². The molecular formula is C21H18Cl2N2O4. The summed E-state index contributed by atoms with van der Waals surface area (Å²) in [5, 5.41) is 10.2. The standard InChI is InChI=1S/C21H18Cl2N2O4/c22-18-3-1-2-17(20(18)23)13-4-6-15(7-5-13)28-12-16-11-25-14(8-9-26)10-19(27)24-21(25)29-16/h1-7,10,16,26H,8-9,11-12H2/t16-/m0/s1. The van der Waals surface area contributed by atoms with Crippen molar-refractivity contribution < 1.29 is 14.6 Å². The highest BCUT2D eigenvalue weighted by molar-refractivity contribution is 6.43. The number of nitrogens with zero attached hydrogens (tertiary/aromatic N) is 2. The van der Waals surface area contributed by atoms with Crippen LogP contribution in [0.4, 0.5) is 0 Å². The summed E-state index contributed by atoms with van der Waals surface area (Å²) < 4.78 is 13.4. The normalized spacial score (nSPS) is 15.1. The summed E-state index contributed by atoms with van der Waals surface area (Å²) in [4.78, 5) is 15.6. The molecule has 4 rings (SSSR count). The molecule has 1 atom stereocenters. The number of rotatable bonds is 6. The van der Waals surface area contributed by atoms with E-state index >= 15 is 0 Å². The second-order valence-electron chi connectivity index (χ2n) is 6.63. The van der Waals surface area contributed by atoms with Crippen LogP contribution in [0, 0.1) is 0 Å². The third-order valence-corrected chi connectivity index (χ3v) is 5.47. The van der Waals surface area contributed by atoms with Gasteiger partial charge in [0.1, 0.15) is 12.4 Å². The third-order valence-electron chi connectivity index (χ3n) is 4.65. The highest BCUT2D eigenvalue weighted by Crippen LogP contribution is 2.34. The molecule has 0 fully saturated rings. The zero-order valence-electron chi connectivity index (χ0n) is 15.3. The Bertz CT molecular complexity index is 1080. The molecule has 1 aliphatic rings. The maximum atomic E-state index is 11.7. The van der Waals surface area contributed by atoms with Crippen molar-refractivity contribution in [1.29, 1.82) is 0 Å². The Balaban J connectivity index is 1.42. The minimum atomic E-state index is -0.378. The molecule has 0 bridgehead atoms. The zero-order valence-corrected chi connectivity index (χ0v) is 16.9. The predicted molar refractivity (Wildman–Crippen MR) is 111 cm³/mol. The van der Waals surface area contributed by atoms with E-state index in [2.05, 4.69) is 4.98 Å². The van der Waals surface area contributed by atoms with Gasteiger partial charge in [-0.15, -0.1) is 0 Å². The van der Waals surface area contributed by atoms with Crippen molar-refractivity contribution in [2.45, 2.75) is 19.1 Å². The Kier molecular flexibility index (Phi) is 5.76. The van der Waals surface area contributed by atoms with Crippen molar-refractivity contribution in [3.05, 3.63) is 74.6 Å². The van der Waals surface area contributed by atoms with Crippen molar-refractivity contribution in [3.63, 3.8) is 0 Å². The molecule has 150 valence electrons. The molecule has 0 saturated carbocycles. The molecule has 0 radical (unpaired) electrons. The van der Waals surface area contributed by atoms with Gasteiger partial charge in [-0.05, 0) is 23.8 Å². The van der Waals surface area contributed by atoms with Crippen molar-refractivity contribution >= 4 is 23.2 Å². The topological polar surface area (TPSA) is 73.6 Å². The molecule has 0 amide bonds. The highest BCUT2D eigenvalue weighted by Gasteiger charge is 2.26. The lowest BCUT2D eigenvalue weighted by Crippen LogP contribution is -2.23. The Hall–Kier alpha value is -2.54. The van der Waals surface area contributed by atoms with E-state index < -0.39 is 0 Å². The summed E-state index contributed by atoms with van der Waals surface area (Å²) in [6.45, 7) is 0.759. The minimum absolute atomic E-state index is 0.0486. The second-order valence-corrected chi connectivity index (χ2v) is 7.41. The number of ether oxygens (including phenoxy) is 2. The molecule has 0 aliphatic carbocycles. The second kappa shape index (κ2) is 8.45. The van der Waals surface area contributed by atoms with Crippen LogP contribution >= 0.6 is 23.2 Å². The molecule has 2 heterocycles. The third kappa shape index (κ3) is 4.24. The number of hydrogen-bond acceptors (Lipinski definition) is 5. The van der Waals surface area contributed by atoms with Gasteiger partial charge in [-0.2, -0.15) is 4.98 Å². The van der Waals surface area contributed by atoms with Gasteiger partial charge in [-0.3, -0.25) is 9.36 Å². The molecule has 0 spiro atoms. The molecule has 1 aliphatic heterocycles. The van der Waals surface area contributed by atoms with E-state index in [1.54, 1.807) is 10.6 Å². The summed E-state index contributed by atoms with van der Waals surface area (Å²) in [5.74, 6) is 0.685. The number of halogens is 2. The van der Waals surface area contributed by atoms with Gasteiger partial charge in [0, 0.05) is 30.4 Å². The van der Waals surface area contributed by atoms with E-state index in [1.807, 2.05) is 36.4 Å². The number of benzene rings is 2. The summed E-state index contributed by atoms with van der Waals surface area (Å²) in [5.41, 5.74) is 2.11. The summed E-state index contributed by atoms with van der Waals surface area (Å²) in [6, 6.07) is 14.7. The van der Waals surface area contributed by atoms with Crippen molar-refractivity contribution in [1.82, 2.24) is 9.55 Å². The van der Waals surface area contributed by atoms with E-state index in [0.717, 1.165) is 11.1 Å². The number of aliphatic hydroxyl groups excluding tert-OH is 1. The lowest BCUT2D eigenvalue weighted by Gasteiger charge is -2.12. The fraction of sp³-hybridized carbons (Fsp3) is 0.238. The first-order valence-electron chi connectivity index (χ1n) is 9.10. The minimum Gasteiger partial charge on any atom is -0.490 e. The van der Waals surface area contributed by atoms with E-state index in [4.69, 9.17) is 32.7 Å². The SMILES string of the molecule is O=c1cc(CCO)n2c(n1)O[C@H](COc1ccc(-c3cccc(Cl)c3Cl)cc1)C2. The van der Waals surface area contributed by atoms with Crippen LogP contribution in [0.25, 0.3) is 11.1 Å². The van der Waals surface area contributed by atoms with E-state index in [9.17, 15) is 9.90 Å². The maximum absolute atomic E-state index is 11.7. The van der Waals surface area contributed by atoms with Gasteiger partial charge in [0.25, 0.3) is 11.6 Å². The van der Waals surface area contributed by atoms with Crippen LogP contribution in [0.1, 0.15) is 5.69 Å². The monoisotopic (exact) mass is 432 g/mol. The number of aliphatic hydroxyl groups is 1. The predicted octanol–water partition coefficient (Wildman–Crippen LogP) is 3.59. The molecule has 29 heavy (non-hydrogen) atoms. The van der Waals surface area contributed by atoms with Gasteiger partial charge in [-0.1, -0.05) is 47.5 Å². The molecule has 3 aromatic rings. The van der Waals surface area contributed by atoms with E-state index in [-0.39, 0.29) is 24.3 Å². The van der Waals surface area contributed by atoms with Crippen molar-refractivity contribution in [3.8, 4) is 22.9 Å². The fourth-order valence-electron chi connectivity index (χ4n) is 3.26. The largest absolute Gasteiger partial charge is 0.490 e. The zero-order chi connectivity index (χ0) is 20.4. The Morgan fingerprint density at radius 2 is 2.00 bits per heavy atom. The van der Waals surface area contributed by atoms with E-state index in [1.165, 1.54) is 6.07 Å². The number of fused-ring (bicyclic) bond motifs is 1. The molecule has 1 aromatic heterocycles. The smallest absolute Gasteiger partial charge is 0.300 e. The van der Waals surface area contributed by atoms with E-state index in [0.29, 0.717) is 41.1 Å². The van der Waals surface area contributed by atoms with Crippen LogP contribution in [0.15, 0.2) is 53.3 Å². The molecular weight excluding hydrogens is 415 g/mol. The van der Waals surface area contributed by atoms with Crippen LogP contribution < -0.4 is 15.0 Å². The lowest BCUT2D eigenvalue weighted by molar-refractivity contribution is 0.143. The van der Waals surface area contributed by atoms with Gasteiger partial charge < -0.3 is 14.6 Å². The van der Waals surface area contributed by atoms with Crippen molar-refractivity contribution in [2.75, 3.05) is 13.2 Å². The molecule has 1 N–H and O–H groups in total. The molecule has 2 aromatic carbocycles. The maximum Gasteiger partial charge on any atom is 0.300 e. The Morgan fingerprint density at radius 1 is 1.21 bits per heavy atom. The Labute approximate surface area is 177 Å². The summed E-state index contributed by atoms with van der Waals surface area (Å²) in [6.07, 6.45) is 0.0960. The summed E-state index contributed by atoms with van der Waals surface area (Å²) in [7, 11) is 0. The van der Waals surface area contributed by atoms with Gasteiger partial charge >= 0.3 is 0 Å². The average Bonchev–Trinajstić information content (AvgIpc) is 3.12. The van der Waals surface area contributed by atoms with Gasteiger partial charge in [0.2, 0.25) is 0 Å². The van der Waals surface area contributed by atoms with Crippen LogP contribution in [-0.4, -0.2) is 34.0 Å². The van der Waals surface area contributed by atoms with Crippen molar-refractivity contribution in [2.24, 2.45) is 0 Å². The first-order chi connectivity index (χ1) is 14.0. The van der Waals surface area contributed by atoms with Gasteiger partial charge in [0.05, 0.1) is 16.6 Å². The quantitative estimate of drug-likeness (QED) is 0.643. The van der Waals surface area contributed by atoms with Gasteiger partial charge in [0.15, 0.2) is 6.10 Å². The number of aromatic nitrogens is 2. The molecule has 6 nitrogen and oxygen atoms in total. The molecule has 0 saturated heterocycles. The summed E-state index contributed by atoms with van der Waals surface area (Å²) >= 11 is 12.4. The van der Waals surface area contributed by atoms with Gasteiger partial charge in [-0.25, -0.2) is 0 Å².